The molecule has 3 aliphatic carbocycles. The molecule has 3 saturated carbocycles. The Labute approximate surface area is 744 Å². The van der Waals surface area contributed by atoms with Gasteiger partial charge in [0.2, 0.25) is 0 Å². The van der Waals surface area contributed by atoms with Gasteiger partial charge in [-0.15, -0.1) is 45.3 Å². The highest BCUT2D eigenvalue weighted by atomic mass is 32.1. The van der Waals surface area contributed by atoms with Crippen LogP contribution >= 0.6 is 45.3 Å². The second-order valence-corrected chi connectivity index (χ2v) is 36.7. The average molecular weight is 1750 g/mol. The number of aryl methyl sites for hydroxylation is 4. The summed E-state index contributed by atoms with van der Waals surface area (Å²) >= 11 is 6.47. The van der Waals surface area contributed by atoms with Crippen molar-refractivity contribution in [1.82, 2.24) is 0 Å². The molecule has 0 spiro atoms. The van der Waals surface area contributed by atoms with E-state index in [9.17, 15) is 32.3 Å². The number of thiophene rings is 4. The molecule has 4 aromatic carbocycles. The smallest absolute Gasteiger partial charge is 0.328 e. The lowest BCUT2D eigenvalue weighted by molar-refractivity contribution is -0.132. The van der Waals surface area contributed by atoms with E-state index in [1.54, 1.807) is 53.9 Å². The Balaban J connectivity index is 0.000000204. The van der Waals surface area contributed by atoms with Crippen LogP contribution in [0.4, 0.5) is 13.2 Å². The number of carboxylic acids is 4. The van der Waals surface area contributed by atoms with Gasteiger partial charge < -0.3 is 39.4 Å². The van der Waals surface area contributed by atoms with E-state index in [2.05, 4.69) is 113 Å². The van der Waals surface area contributed by atoms with Crippen LogP contribution in [0.5, 0.6) is 23.0 Å². The predicted octanol–water partition coefficient (Wildman–Crippen LogP) is 30.1. The zero-order valence-electron chi connectivity index (χ0n) is 74.2. The normalized spacial score (nSPS) is 14.5. The van der Waals surface area contributed by atoms with E-state index < -0.39 is 36.9 Å². The maximum absolute atomic E-state index is 13.0. The summed E-state index contributed by atoms with van der Waals surface area (Å²) in [4.78, 5) is 47.9. The number of unbranched alkanes of at least 4 members (excludes halogenated alkanes) is 1. The molecule has 0 atom stereocenters. The van der Waals surface area contributed by atoms with E-state index in [4.69, 9.17) is 39.4 Å². The molecular formula is C104H127F3O12S4. The maximum Gasteiger partial charge on any atom is 0.328 e. The number of carboxylic acid groups (broad SMARTS) is 4. The molecular weight excluding hydrogens is 1630 g/mol. The SMILES string of the molecule is CCCCOc1c(-c2ccsc2/C=C/C(C)=C/C(=O)O)cc(CC)cc1C1CCCC1.CCCOc1c(-c2ccsc2/C=C/C(C)=C/C(=O)O)cc(CC)cc1C1CCCC1.CCCc1cc(-c2ccsc2/C=C/C(C)=C/C(=O)O)c(OCC(F)F)c(C(C)(C)C)c1.CCc1cc(-c2ccsc2/C=C/C(C)=C/C(=O)O)c(OCCCF)c(C2CCCC2)c1. The number of carbonyl (C=O) groups is 4. The molecule has 4 N–H and O–H groups in total. The van der Waals surface area contributed by atoms with Crippen LogP contribution in [0.2, 0.25) is 0 Å². The van der Waals surface area contributed by atoms with Gasteiger partial charge in [0, 0.05) is 100 Å². The summed E-state index contributed by atoms with van der Waals surface area (Å²) in [7, 11) is 0. The first-order valence-electron chi connectivity index (χ1n) is 43.8. The Bertz CT molecular complexity index is 4890. The lowest BCUT2D eigenvalue weighted by Crippen LogP contribution is -2.17. The highest BCUT2D eigenvalue weighted by Crippen LogP contribution is 2.51. The lowest BCUT2D eigenvalue weighted by atomic mass is 9.82. The molecule has 11 rings (SSSR count). The van der Waals surface area contributed by atoms with Crippen molar-refractivity contribution in [2.75, 3.05) is 33.1 Å². The van der Waals surface area contributed by atoms with Crippen LogP contribution in [0.15, 0.2) is 165 Å². The van der Waals surface area contributed by atoms with Crippen molar-refractivity contribution in [3.8, 4) is 67.5 Å². The van der Waals surface area contributed by atoms with Crippen molar-refractivity contribution in [2.24, 2.45) is 0 Å². The number of hydrogen-bond donors (Lipinski definition) is 4. The molecule has 123 heavy (non-hydrogen) atoms. The Morgan fingerprint density at radius 3 is 0.992 bits per heavy atom. The molecule has 660 valence electrons. The van der Waals surface area contributed by atoms with Crippen LogP contribution in [0.1, 0.15) is 281 Å². The highest BCUT2D eigenvalue weighted by molar-refractivity contribution is 7.12. The molecule has 3 fully saturated rings. The van der Waals surface area contributed by atoms with Gasteiger partial charge in [-0.25, -0.2) is 28.0 Å². The van der Waals surface area contributed by atoms with E-state index in [-0.39, 0.29) is 12.1 Å². The van der Waals surface area contributed by atoms with Crippen LogP contribution in [-0.2, 0) is 50.3 Å². The molecule has 4 heterocycles. The van der Waals surface area contributed by atoms with Crippen LogP contribution in [0.3, 0.4) is 0 Å². The first-order chi connectivity index (χ1) is 59.1. The minimum atomic E-state index is -2.57. The number of aliphatic carboxylic acids is 4. The number of allylic oxidation sites excluding steroid dienone is 8. The predicted molar refractivity (Wildman–Crippen MR) is 509 cm³/mol. The van der Waals surface area contributed by atoms with E-state index in [1.165, 1.54) is 162 Å². The molecule has 0 aliphatic heterocycles. The van der Waals surface area contributed by atoms with Gasteiger partial charge >= 0.3 is 23.9 Å². The fourth-order valence-electron chi connectivity index (χ4n) is 15.9. The van der Waals surface area contributed by atoms with Gasteiger partial charge in [0.15, 0.2) is 0 Å². The quantitative estimate of drug-likeness (QED) is 0.0163. The summed E-state index contributed by atoms with van der Waals surface area (Å²) in [6, 6.07) is 26.3. The third-order valence-electron chi connectivity index (χ3n) is 22.0. The van der Waals surface area contributed by atoms with Crippen molar-refractivity contribution in [3.63, 3.8) is 0 Å². The van der Waals surface area contributed by atoms with Gasteiger partial charge in [-0.1, -0.05) is 162 Å². The van der Waals surface area contributed by atoms with Gasteiger partial charge in [-0.3, -0.25) is 4.39 Å². The van der Waals surface area contributed by atoms with Crippen LogP contribution in [0.25, 0.3) is 68.8 Å². The fourth-order valence-corrected chi connectivity index (χ4v) is 19.1. The average Bonchev–Trinajstić information content (AvgIpc) is 1.79. The van der Waals surface area contributed by atoms with Crippen molar-refractivity contribution in [2.45, 2.75) is 254 Å². The van der Waals surface area contributed by atoms with Crippen LogP contribution < -0.4 is 18.9 Å². The van der Waals surface area contributed by atoms with Gasteiger partial charge in [0.25, 0.3) is 6.43 Å². The number of benzene rings is 4. The van der Waals surface area contributed by atoms with E-state index in [1.807, 2.05) is 100 Å². The second kappa shape index (κ2) is 50.4. The monoisotopic (exact) mass is 1750 g/mol. The topological polar surface area (TPSA) is 186 Å². The number of ether oxygens (including phenoxy) is 4. The minimum Gasteiger partial charge on any atom is -0.493 e. The van der Waals surface area contributed by atoms with Crippen molar-refractivity contribution < 1.29 is 71.7 Å². The van der Waals surface area contributed by atoms with Crippen molar-refractivity contribution >= 4 is 93.5 Å². The number of rotatable bonds is 38. The third-order valence-corrected chi connectivity index (χ3v) is 25.6. The fraction of sp³-hybridized carbons (Fsp3) is 0.423. The Morgan fingerprint density at radius 2 is 0.715 bits per heavy atom. The summed E-state index contributed by atoms with van der Waals surface area (Å²) in [6.07, 6.45) is 40.7. The maximum atomic E-state index is 13.0. The number of hydrogen-bond acceptors (Lipinski definition) is 12. The second-order valence-electron chi connectivity index (χ2n) is 32.9. The molecule has 0 bridgehead atoms. The van der Waals surface area contributed by atoms with Crippen molar-refractivity contribution in [1.29, 1.82) is 0 Å². The molecule has 12 nitrogen and oxygen atoms in total. The summed E-state index contributed by atoms with van der Waals surface area (Å²) in [5.41, 5.74) is 21.0. The van der Waals surface area contributed by atoms with Gasteiger partial charge in [0.05, 0.1) is 26.5 Å². The largest absolute Gasteiger partial charge is 0.493 e. The van der Waals surface area contributed by atoms with Gasteiger partial charge in [0.1, 0.15) is 29.6 Å². The number of halogens is 3. The molecule has 0 radical (unpaired) electrons. The molecule has 4 aromatic heterocycles. The Hall–Kier alpha value is -9.53. The molecule has 8 aromatic rings. The molecule has 0 amide bonds. The summed E-state index contributed by atoms with van der Waals surface area (Å²) < 4.78 is 63.6. The van der Waals surface area contributed by atoms with Gasteiger partial charge in [-0.2, -0.15) is 0 Å². The Kier molecular flexibility index (Phi) is 40.5. The zero-order chi connectivity index (χ0) is 89.1. The standard InChI is InChI=1S/C27H34O3S.C26H31FO3S.C26H32O3S.C25H30F2O3S/c1-4-6-14-30-27-23(21-9-7-8-10-21)17-20(5-2)18-24(27)22-13-15-31-25(22)12-11-19(3)16-26(28)29;1-3-19-16-22(20-7-4-5-8-20)26(30-13-6-12-27)23(17-19)21-11-14-31-24(21)10-9-18(2)15-25(28)29;1-4-13-29-26-22(20-8-6-7-9-20)16-19(5-2)17-23(26)21-12-14-30-24(21)11-10-18(3)15-25(27)28;1-6-7-17-13-19(24(30-15-22(26)27)20(14-17)25(3,4)5)18-10-11-31-21(18)9-8-16(2)12-23(28)29/h11-13,15-18,21H,4-10,14H2,1-3H3,(H,28,29);9-11,14-17,20H,3-8,12-13H2,1-2H3,(H,28,29);10-12,14-17,20H,4-9,13H2,1-3H3,(H,27,28);8-14,22H,6-7,15H2,1-5H3,(H,28,29)/b12-11+,19-16+;10-9+,18-15+;11-10+,18-15+;9-8+,16-12+. The first kappa shape index (κ1) is 98.9. The summed E-state index contributed by atoms with van der Waals surface area (Å²) in [5, 5.41) is 44.0. The molecule has 0 saturated heterocycles. The third kappa shape index (κ3) is 30.1. The molecule has 19 heteroatoms. The lowest BCUT2D eigenvalue weighted by Gasteiger charge is -2.26. The summed E-state index contributed by atoms with van der Waals surface area (Å²) in [6.45, 7) is 27.0. The van der Waals surface area contributed by atoms with Crippen molar-refractivity contribution in [3.05, 3.63) is 229 Å². The van der Waals surface area contributed by atoms with Gasteiger partial charge in [-0.05, 0) is 284 Å². The van der Waals surface area contributed by atoms with E-state index in [0.29, 0.717) is 54.3 Å². The molecule has 3 aliphatic rings. The minimum absolute atomic E-state index is 0.289. The van der Waals surface area contributed by atoms with Crippen LogP contribution in [-0.4, -0.2) is 83.8 Å². The first-order valence-corrected chi connectivity index (χ1v) is 47.4. The highest BCUT2D eigenvalue weighted by Gasteiger charge is 2.31. The van der Waals surface area contributed by atoms with Crippen LogP contribution in [0, 0.1) is 0 Å². The zero-order valence-corrected chi connectivity index (χ0v) is 77.4. The summed E-state index contributed by atoms with van der Waals surface area (Å²) in [5.74, 6) is 1.35. The van der Waals surface area contributed by atoms with E-state index in [0.717, 1.165) is 145 Å². The van der Waals surface area contributed by atoms with E-state index >= 15 is 0 Å². The molecule has 0 unspecified atom stereocenters. The Morgan fingerprint density at radius 1 is 0.407 bits per heavy atom. The number of alkyl halides is 3.